The summed E-state index contributed by atoms with van der Waals surface area (Å²) in [5.41, 5.74) is 2.42. The smallest absolute Gasteiger partial charge is 0.251 e. The molecule has 2 bridgehead atoms. The molecule has 2 aliphatic carbocycles. The minimum Gasteiger partial charge on any atom is -0.378 e. The van der Waals surface area contributed by atoms with Crippen molar-refractivity contribution in [3.05, 3.63) is 58.4 Å². The minimum absolute atomic E-state index is 0.00144. The van der Waals surface area contributed by atoms with Gasteiger partial charge in [-0.1, -0.05) is 30.3 Å². The van der Waals surface area contributed by atoms with Crippen LogP contribution < -0.4 is 15.4 Å². The summed E-state index contributed by atoms with van der Waals surface area (Å²) in [7, 11) is 0. The van der Waals surface area contributed by atoms with Crippen molar-refractivity contribution in [2.45, 2.75) is 18.5 Å². The molecule has 1 N–H and O–H groups in total. The van der Waals surface area contributed by atoms with E-state index in [2.05, 4.69) is 51.2 Å². The number of rotatable bonds is 4. The van der Waals surface area contributed by atoms with Gasteiger partial charge in [-0.15, -0.1) is 0 Å². The fraction of sp³-hybridized carbons (Fsp3) is 0.476. The van der Waals surface area contributed by atoms with Crippen LogP contribution >= 0.6 is 0 Å². The van der Waals surface area contributed by atoms with Crippen LogP contribution in [0.15, 0.2) is 47.3 Å². The standard InChI is InChI=1S/C21H23N3O2/c25-17-12-14(23-6-8-26-9-7-23)11-16(22-17)24-15(18-19-20(18)21(19)24)10-13-4-2-1-3-5-13/h1-5,11-12,15,18-21H,6-10H2,(H,22,25)/t15-,18?,19+,20?,21?/m0/s1. The van der Waals surface area contributed by atoms with E-state index >= 15 is 0 Å². The molecule has 5 aliphatic rings. The molecule has 3 saturated heterocycles. The summed E-state index contributed by atoms with van der Waals surface area (Å²) in [4.78, 5) is 20.3. The lowest BCUT2D eigenvalue weighted by Crippen LogP contribution is -2.38. The van der Waals surface area contributed by atoms with Gasteiger partial charge >= 0.3 is 0 Å². The molecule has 1 aromatic heterocycles. The van der Waals surface area contributed by atoms with E-state index in [4.69, 9.17) is 4.74 Å². The van der Waals surface area contributed by atoms with E-state index in [0.29, 0.717) is 12.1 Å². The highest BCUT2D eigenvalue weighted by molar-refractivity contribution is 5.62. The zero-order valence-corrected chi connectivity index (χ0v) is 14.7. The molecule has 3 unspecified atom stereocenters. The first-order valence-electron chi connectivity index (χ1n) is 9.70. The average molecular weight is 349 g/mol. The third kappa shape index (κ3) is 2.16. The van der Waals surface area contributed by atoms with Crippen LogP contribution in [0, 0.1) is 17.8 Å². The molecule has 5 fully saturated rings. The van der Waals surface area contributed by atoms with Gasteiger partial charge in [0.1, 0.15) is 5.82 Å². The Kier molecular flexibility index (Phi) is 3.06. The number of H-pyrrole nitrogens is 1. The number of nitrogens with zero attached hydrogens (tertiary/aromatic N) is 2. The SMILES string of the molecule is O=c1cc(N2CCOCC2)cc(N2C3C4C([C@H]43)[C@@H]2Cc2ccccc2)[nH]1. The third-order valence-electron chi connectivity index (χ3n) is 6.72. The molecule has 2 aromatic rings. The molecule has 4 heterocycles. The molecule has 0 spiro atoms. The van der Waals surface area contributed by atoms with Crippen molar-refractivity contribution in [1.29, 1.82) is 0 Å². The summed E-state index contributed by atoms with van der Waals surface area (Å²) in [5, 5.41) is 0. The van der Waals surface area contributed by atoms with Gasteiger partial charge in [0, 0.05) is 43.0 Å². The van der Waals surface area contributed by atoms with E-state index in [1.165, 1.54) is 5.56 Å². The van der Waals surface area contributed by atoms with Gasteiger partial charge < -0.3 is 19.5 Å². The molecule has 7 rings (SSSR count). The fourth-order valence-electron chi connectivity index (χ4n) is 5.41. The van der Waals surface area contributed by atoms with E-state index in [1.54, 1.807) is 6.07 Å². The summed E-state index contributed by atoms with van der Waals surface area (Å²) >= 11 is 0. The van der Waals surface area contributed by atoms with Gasteiger partial charge in [-0.05, 0) is 29.7 Å². The zero-order chi connectivity index (χ0) is 17.3. The van der Waals surface area contributed by atoms with E-state index in [9.17, 15) is 4.79 Å². The van der Waals surface area contributed by atoms with Crippen LogP contribution in [0.2, 0.25) is 0 Å². The Bertz CT molecular complexity index is 880. The number of ether oxygens (including phenoxy) is 1. The van der Waals surface area contributed by atoms with Crippen molar-refractivity contribution in [1.82, 2.24) is 4.98 Å². The molecule has 1 aromatic carbocycles. The van der Waals surface area contributed by atoms with Crippen molar-refractivity contribution in [3.8, 4) is 0 Å². The quantitative estimate of drug-likeness (QED) is 0.916. The Morgan fingerprint density at radius 2 is 1.81 bits per heavy atom. The highest BCUT2D eigenvalue weighted by atomic mass is 16.5. The molecular weight excluding hydrogens is 326 g/mol. The predicted octanol–water partition coefficient (Wildman–Crippen LogP) is 1.89. The molecule has 0 amide bonds. The molecule has 2 saturated carbocycles. The number of aromatic nitrogens is 1. The second-order valence-electron chi connectivity index (χ2n) is 8.07. The zero-order valence-electron chi connectivity index (χ0n) is 14.7. The van der Waals surface area contributed by atoms with E-state index in [1.807, 2.05) is 0 Å². The second-order valence-corrected chi connectivity index (χ2v) is 8.07. The molecule has 3 aliphatic heterocycles. The van der Waals surface area contributed by atoms with Gasteiger partial charge in [-0.25, -0.2) is 0 Å². The van der Waals surface area contributed by atoms with Gasteiger partial charge in [0.25, 0.3) is 5.56 Å². The maximum Gasteiger partial charge on any atom is 0.251 e. The normalized spacial score (nSPS) is 33.9. The molecular formula is C21H23N3O2. The number of hydrogen-bond acceptors (Lipinski definition) is 4. The second kappa shape index (κ2) is 5.36. The van der Waals surface area contributed by atoms with Gasteiger partial charge in [0.2, 0.25) is 0 Å². The lowest BCUT2D eigenvalue weighted by molar-refractivity contribution is 0.122. The lowest BCUT2D eigenvalue weighted by atomic mass is 10.0. The highest BCUT2D eigenvalue weighted by Crippen LogP contribution is 2.78. The highest BCUT2D eigenvalue weighted by Gasteiger charge is 2.84. The first-order valence-corrected chi connectivity index (χ1v) is 9.70. The number of nitrogens with one attached hydrogen (secondary N) is 1. The summed E-state index contributed by atoms with van der Waals surface area (Å²) in [5.74, 6) is 3.59. The van der Waals surface area contributed by atoms with Crippen molar-refractivity contribution in [2.75, 3.05) is 36.1 Å². The molecule has 5 atom stereocenters. The van der Waals surface area contributed by atoms with Gasteiger partial charge in [-0.3, -0.25) is 4.79 Å². The molecule has 5 heteroatoms. The molecule has 5 nitrogen and oxygen atoms in total. The minimum atomic E-state index is 0.00144. The number of pyridine rings is 1. The van der Waals surface area contributed by atoms with Gasteiger partial charge in [-0.2, -0.15) is 0 Å². The van der Waals surface area contributed by atoms with Crippen LogP contribution in [-0.2, 0) is 11.2 Å². The van der Waals surface area contributed by atoms with Gasteiger partial charge in [0.15, 0.2) is 0 Å². The fourth-order valence-corrected chi connectivity index (χ4v) is 5.41. The molecule has 134 valence electrons. The Morgan fingerprint density at radius 3 is 2.58 bits per heavy atom. The van der Waals surface area contributed by atoms with Crippen molar-refractivity contribution >= 4 is 11.5 Å². The number of morpholine rings is 1. The van der Waals surface area contributed by atoms with Crippen LogP contribution in [0.1, 0.15) is 5.56 Å². The van der Waals surface area contributed by atoms with E-state index in [0.717, 1.165) is 62.0 Å². The van der Waals surface area contributed by atoms with E-state index < -0.39 is 0 Å². The number of hydrogen-bond donors (Lipinski definition) is 1. The van der Waals surface area contributed by atoms with Crippen LogP contribution in [-0.4, -0.2) is 43.4 Å². The van der Waals surface area contributed by atoms with Crippen molar-refractivity contribution in [2.24, 2.45) is 17.8 Å². The van der Waals surface area contributed by atoms with Crippen LogP contribution in [0.25, 0.3) is 0 Å². The largest absolute Gasteiger partial charge is 0.378 e. The molecule has 26 heavy (non-hydrogen) atoms. The predicted molar refractivity (Wildman–Crippen MR) is 101 cm³/mol. The lowest BCUT2D eigenvalue weighted by Gasteiger charge is -2.31. The first kappa shape index (κ1) is 14.9. The number of anilines is 2. The Labute approximate surface area is 152 Å². The maximum absolute atomic E-state index is 12.4. The van der Waals surface area contributed by atoms with Crippen LogP contribution in [0.5, 0.6) is 0 Å². The third-order valence-corrected chi connectivity index (χ3v) is 6.72. The van der Waals surface area contributed by atoms with Crippen molar-refractivity contribution in [3.63, 3.8) is 0 Å². The summed E-state index contributed by atoms with van der Waals surface area (Å²) < 4.78 is 5.45. The van der Waals surface area contributed by atoms with Crippen LogP contribution in [0.3, 0.4) is 0 Å². The monoisotopic (exact) mass is 349 g/mol. The summed E-state index contributed by atoms with van der Waals surface area (Å²) in [6, 6.07) is 15.8. The number of benzene rings is 1. The number of piperidine rings is 1. The number of fused-ring (bicyclic) bond motifs is 1. The van der Waals surface area contributed by atoms with E-state index in [-0.39, 0.29) is 5.56 Å². The van der Waals surface area contributed by atoms with Crippen LogP contribution in [0.4, 0.5) is 11.5 Å². The average Bonchev–Trinajstić information content (AvgIpc) is 3.52. The van der Waals surface area contributed by atoms with Crippen molar-refractivity contribution < 1.29 is 4.74 Å². The summed E-state index contributed by atoms with van der Waals surface area (Å²) in [6.07, 6.45) is 1.07. The molecule has 0 radical (unpaired) electrons. The Morgan fingerprint density at radius 1 is 1.04 bits per heavy atom. The maximum atomic E-state index is 12.4. The Hall–Kier alpha value is -2.27. The summed E-state index contributed by atoms with van der Waals surface area (Å²) in [6.45, 7) is 3.18. The Balaban J connectivity index is 1.32. The van der Waals surface area contributed by atoms with Gasteiger partial charge in [0.05, 0.1) is 13.2 Å². The number of aromatic amines is 1. The first-order chi connectivity index (χ1) is 12.8. The topological polar surface area (TPSA) is 48.6 Å².